The molecular weight excluding hydrogens is 143 g/mol. The van der Waals surface area contributed by atoms with Gasteiger partial charge in [-0.1, -0.05) is 0 Å². The smallest absolute Gasteiger partial charge is 0.507 e. The monoisotopic (exact) mass is 154 g/mol. The van der Waals surface area contributed by atoms with Gasteiger partial charge < -0.3 is 11.7 Å². The van der Waals surface area contributed by atoms with E-state index < -0.39 is 0 Å². The Bertz CT molecular complexity index is 59.0. The molecule has 0 aliphatic carbocycles. The van der Waals surface area contributed by atoms with Crippen LogP contribution in [0.1, 0.15) is 12.8 Å². The van der Waals surface area contributed by atoms with E-state index in [0.717, 1.165) is 18.6 Å². The minimum Gasteiger partial charge on any atom is -0.507 e. The van der Waals surface area contributed by atoms with E-state index in [1.54, 1.807) is 17.2 Å². The normalized spacial score (nSPS) is 8.11. The SMILES string of the molecule is [CH-]=CSCCCCO.[Na+]. The summed E-state index contributed by atoms with van der Waals surface area (Å²) in [5.74, 6) is 1.02. The van der Waals surface area contributed by atoms with Gasteiger partial charge in [-0.2, -0.15) is 11.8 Å². The number of unbranched alkanes of at least 4 members (excludes halogenated alkanes) is 1. The van der Waals surface area contributed by atoms with Gasteiger partial charge >= 0.3 is 29.6 Å². The number of hydrogen-bond donors (Lipinski definition) is 1. The van der Waals surface area contributed by atoms with E-state index >= 15 is 0 Å². The summed E-state index contributed by atoms with van der Waals surface area (Å²) in [6.45, 7) is 5.38. The van der Waals surface area contributed by atoms with Gasteiger partial charge in [0.1, 0.15) is 0 Å². The minimum atomic E-state index is 0. The van der Waals surface area contributed by atoms with Crippen molar-refractivity contribution in [3.05, 3.63) is 12.0 Å². The van der Waals surface area contributed by atoms with E-state index in [1.807, 2.05) is 0 Å². The van der Waals surface area contributed by atoms with Crippen LogP contribution in [0.5, 0.6) is 0 Å². The Balaban J connectivity index is 0. The zero-order valence-corrected chi connectivity index (χ0v) is 8.66. The summed E-state index contributed by atoms with van der Waals surface area (Å²) in [6.07, 6.45) is 1.94. The second-order valence-electron chi connectivity index (χ2n) is 1.44. The van der Waals surface area contributed by atoms with Gasteiger partial charge in [0, 0.05) is 6.61 Å². The molecule has 0 atom stereocenters. The molecule has 0 aromatic heterocycles. The van der Waals surface area contributed by atoms with Gasteiger partial charge in [-0.3, -0.25) is 0 Å². The summed E-state index contributed by atoms with van der Waals surface area (Å²) in [7, 11) is 0. The van der Waals surface area contributed by atoms with Crippen LogP contribution in [0.15, 0.2) is 5.41 Å². The maximum atomic E-state index is 8.31. The van der Waals surface area contributed by atoms with Crippen LogP contribution in [0.2, 0.25) is 0 Å². The molecule has 9 heavy (non-hydrogen) atoms. The van der Waals surface area contributed by atoms with Gasteiger partial charge in [0.15, 0.2) is 0 Å². The van der Waals surface area contributed by atoms with Gasteiger partial charge in [-0.05, 0) is 18.6 Å². The van der Waals surface area contributed by atoms with Crippen molar-refractivity contribution in [1.29, 1.82) is 0 Å². The van der Waals surface area contributed by atoms with Crippen LogP contribution in [-0.2, 0) is 0 Å². The Kier molecular flexibility index (Phi) is 16.7. The number of aliphatic hydroxyl groups excluding tert-OH is 1. The molecule has 0 bridgehead atoms. The summed E-state index contributed by atoms with van der Waals surface area (Å²) in [4.78, 5) is 0. The Morgan fingerprint density at radius 3 is 2.56 bits per heavy atom. The molecule has 0 fully saturated rings. The first-order valence-electron chi connectivity index (χ1n) is 2.67. The second-order valence-corrected chi connectivity index (χ2v) is 2.45. The summed E-state index contributed by atoms with van der Waals surface area (Å²) in [5, 5.41) is 9.90. The van der Waals surface area contributed by atoms with Crippen LogP contribution in [0, 0.1) is 6.58 Å². The van der Waals surface area contributed by atoms with Crippen molar-refractivity contribution in [3.8, 4) is 0 Å². The molecule has 0 aromatic carbocycles. The van der Waals surface area contributed by atoms with Gasteiger partial charge in [0.05, 0.1) is 0 Å². The minimum absolute atomic E-state index is 0. The third-order valence-corrected chi connectivity index (χ3v) is 1.48. The molecule has 1 nitrogen and oxygen atoms in total. The number of thioether (sulfide) groups is 1. The molecule has 0 aromatic rings. The van der Waals surface area contributed by atoms with Gasteiger partial charge in [-0.25, -0.2) is 5.41 Å². The molecule has 0 amide bonds. The first kappa shape index (κ1) is 12.7. The molecule has 0 radical (unpaired) electrons. The number of hydrogen-bond acceptors (Lipinski definition) is 2. The molecule has 0 heterocycles. The zero-order chi connectivity index (χ0) is 6.24. The number of rotatable bonds is 5. The molecule has 48 valence electrons. The number of aliphatic hydroxyl groups is 1. The topological polar surface area (TPSA) is 20.2 Å². The van der Waals surface area contributed by atoms with E-state index in [1.165, 1.54) is 0 Å². The maximum Gasteiger partial charge on any atom is 1.00 e. The molecule has 0 aliphatic heterocycles. The Morgan fingerprint density at radius 2 is 2.11 bits per heavy atom. The Hall–Kier alpha value is 1.05. The van der Waals surface area contributed by atoms with Crippen molar-refractivity contribution in [2.45, 2.75) is 12.8 Å². The second kappa shape index (κ2) is 11.8. The van der Waals surface area contributed by atoms with Crippen LogP contribution < -0.4 is 29.6 Å². The average Bonchev–Trinajstić information content (AvgIpc) is 1.81. The first-order chi connectivity index (χ1) is 3.91. The predicted octanol–water partition coefficient (Wildman–Crippen LogP) is -1.56. The van der Waals surface area contributed by atoms with E-state index in [4.69, 9.17) is 11.7 Å². The van der Waals surface area contributed by atoms with E-state index in [9.17, 15) is 0 Å². The fraction of sp³-hybridized carbons (Fsp3) is 0.667. The molecule has 1 N–H and O–H groups in total. The maximum absolute atomic E-state index is 8.31. The fourth-order valence-corrected chi connectivity index (χ4v) is 0.872. The predicted molar refractivity (Wildman–Crippen MR) is 37.6 cm³/mol. The van der Waals surface area contributed by atoms with Crippen molar-refractivity contribution in [2.24, 2.45) is 0 Å². The van der Waals surface area contributed by atoms with Gasteiger partial charge in [0.2, 0.25) is 0 Å². The molecule has 0 saturated heterocycles. The molecule has 0 aliphatic rings. The van der Waals surface area contributed by atoms with Crippen molar-refractivity contribution < 1.29 is 34.7 Å². The quantitative estimate of drug-likeness (QED) is 0.294. The summed E-state index contributed by atoms with van der Waals surface area (Å²) < 4.78 is 0. The molecule has 0 saturated carbocycles. The van der Waals surface area contributed by atoms with Crippen LogP contribution in [0.3, 0.4) is 0 Å². The molecule has 3 heteroatoms. The van der Waals surface area contributed by atoms with Crippen molar-refractivity contribution in [1.82, 2.24) is 0 Å². The van der Waals surface area contributed by atoms with E-state index in [-0.39, 0.29) is 29.6 Å². The molecular formula is C6H11NaOS. The van der Waals surface area contributed by atoms with Crippen molar-refractivity contribution >= 4 is 11.8 Å². The van der Waals surface area contributed by atoms with Gasteiger partial charge in [-0.15, -0.1) is 0 Å². The summed E-state index contributed by atoms with van der Waals surface area (Å²) in [5.41, 5.74) is 0. The summed E-state index contributed by atoms with van der Waals surface area (Å²) >= 11 is 1.59. The van der Waals surface area contributed by atoms with Crippen molar-refractivity contribution in [3.63, 3.8) is 0 Å². The van der Waals surface area contributed by atoms with Crippen LogP contribution in [-0.4, -0.2) is 17.5 Å². The molecule has 0 spiro atoms. The molecule has 0 rings (SSSR count). The largest absolute Gasteiger partial charge is 1.00 e. The van der Waals surface area contributed by atoms with E-state index in [0.29, 0.717) is 6.61 Å². The van der Waals surface area contributed by atoms with Gasteiger partial charge in [0.25, 0.3) is 0 Å². The Labute approximate surface area is 83.2 Å². The summed E-state index contributed by atoms with van der Waals surface area (Å²) in [6, 6.07) is 0. The Morgan fingerprint density at radius 1 is 1.44 bits per heavy atom. The zero-order valence-electron chi connectivity index (χ0n) is 5.84. The standard InChI is InChI=1S/C6H11OS.Na/c1-2-8-6-4-3-5-7;/h1-2,7H,3-6H2;/q-1;+1. The third kappa shape index (κ3) is 12.3. The van der Waals surface area contributed by atoms with E-state index in [2.05, 4.69) is 0 Å². The van der Waals surface area contributed by atoms with Crippen molar-refractivity contribution in [2.75, 3.05) is 12.4 Å². The molecule has 0 unspecified atom stereocenters. The van der Waals surface area contributed by atoms with Crippen LogP contribution >= 0.6 is 11.8 Å². The van der Waals surface area contributed by atoms with Crippen LogP contribution in [0.4, 0.5) is 0 Å². The third-order valence-electron chi connectivity index (χ3n) is 0.767. The fourth-order valence-electron chi connectivity index (χ4n) is 0.365. The first-order valence-corrected chi connectivity index (χ1v) is 3.72. The van der Waals surface area contributed by atoms with Crippen LogP contribution in [0.25, 0.3) is 0 Å². The average molecular weight is 154 g/mol.